The molecule has 8 nitrogen and oxygen atoms in total. The third-order valence-corrected chi connectivity index (χ3v) is 4.10. The number of furan rings is 1. The van der Waals surface area contributed by atoms with E-state index in [1.807, 2.05) is 0 Å². The van der Waals surface area contributed by atoms with E-state index in [1.165, 1.54) is 24.6 Å². The van der Waals surface area contributed by atoms with Crippen LogP contribution in [0.3, 0.4) is 0 Å². The summed E-state index contributed by atoms with van der Waals surface area (Å²) < 4.78 is 5.31. The van der Waals surface area contributed by atoms with Crippen molar-refractivity contribution in [3.63, 3.8) is 0 Å². The first-order valence-electron chi connectivity index (χ1n) is 6.43. The summed E-state index contributed by atoms with van der Waals surface area (Å²) >= 11 is 6.14. The first-order valence-corrected chi connectivity index (χ1v) is 8.02. The Hall–Kier alpha value is -2.33. The lowest BCUT2D eigenvalue weighted by Crippen LogP contribution is -2.34. The third kappa shape index (κ3) is 4.36. The average molecular weight is 461 g/mol. The van der Waals surface area contributed by atoms with E-state index >= 15 is 0 Å². The van der Waals surface area contributed by atoms with Crippen LogP contribution in [0, 0.1) is 0 Å². The normalized spacial score (nSPS) is 10.8. The number of nitrogens with zero attached hydrogens (tertiary/aromatic N) is 1. The lowest BCUT2D eigenvalue weighted by molar-refractivity contribution is -0.120. The van der Waals surface area contributed by atoms with Crippen LogP contribution in [0.2, 0.25) is 0 Å². The molecule has 0 aliphatic rings. The van der Waals surface area contributed by atoms with E-state index in [1.54, 1.807) is 6.07 Å². The molecule has 2 aromatic rings. The molecule has 0 spiro atoms. The third-order valence-electron chi connectivity index (χ3n) is 2.75. The molecule has 0 unspecified atom stereocenters. The van der Waals surface area contributed by atoms with Crippen LogP contribution in [-0.4, -0.2) is 34.8 Å². The summed E-state index contributed by atoms with van der Waals surface area (Å²) in [7, 11) is 0. The van der Waals surface area contributed by atoms with Crippen molar-refractivity contribution in [2.24, 2.45) is 5.10 Å². The average Bonchev–Trinajstić information content (AvgIpc) is 3.10. The minimum Gasteiger partial charge on any atom is -0.506 e. The van der Waals surface area contributed by atoms with Gasteiger partial charge in [0.05, 0.1) is 23.5 Å². The maximum absolute atomic E-state index is 11.6. The number of rotatable bonds is 5. The quantitative estimate of drug-likeness (QED) is 0.401. The summed E-state index contributed by atoms with van der Waals surface area (Å²) in [5.41, 5.74) is 2.45. The lowest BCUT2D eigenvalue weighted by Gasteiger charge is -2.06. The molecule has 0 radical (unpaired) electrons. The monoisotopic (exact) mass is 459 g/mol. The molecule has 0 saturated carbocycles. The van der Waals surface area contributed by atoms with Crippen molar-refractivity contribution in [1.82, 2.24) is 10.7 Å². The Morgan fingerprint density at radius 3 is 2.71 bits per heavy atom. The molecule has 0 aliphatic heterocycles. The van der Waals surface area contributed by atoms with Gasteiger partial charge in [0.2, 0.25) is 0 Å². The second-order valence-corrected chi connectivity index (χ2v) is 6.06. The molecule has 1 aromatic carbocycles. The van der Waals surface area contributed by atoms with Crippen molar-refractivity contribution in [3.8, 4) is 11.5 Å². The molecule has 2 rings (SSSR count). The van der Waals surface area contributed by atoms with Gasteiger partial charge < -0.3 is 19.9 Å². The minimum atomic E-state index is -0.567. The highest BCUT2D eigenvalue weighted by Gasteiger charge is 2.13. The molecule has 2 amide bonds. The van der Waals surface area contributed by atoms with Crippen LogP contribution in [0.15, 0.2) is 42.9 Å². The second-order valence-electron chi connectivity index (χ2n) is 4.41. The summed E-state index contributed by atoms with van der Waals surface area (Å²) in [6, 6.07) is 4.44. The summed E-state index contributed by atoms with van der Waals surface area (Å²) in [5, 5.41) is 25.5. The summed E-state index contributed by atoms with van der Waals surface area (Å²) in [6.45, 7) is -0.300. The number of nitrogens with one attached hydrogen (secondary N) is 2. The zero-order valence-corrected chi connectivity index (χ0v) is 15.1. The van der Waals surface area contributed by atoms with Crippen molar-refractivity contribution in [3.05, 3.63) is 44.7 Å². The van der Waals surface area contributed by atoms with E-state index in [9.17, 15) is 19.8 Å². The van der Waals surface area contributed by atoms with Crippen molar-refractivity contribution >= 4 is 49.9 Å². The minimum absolute atomic E-state index is 0.0926. The first kappa shape index (κ1) is 18.0. The van der Waals surface area contributed by atoms with E-state index < -0.39 is 11.8 Å². The second kappa shape index (κ2) is 7.97. The van der Waals surface area contributed by atoms with Crippen LogP contribution >= 0.6 is 31.9 Å². The number of amides is 2. The van der Waals surface area contributed by atoms with E-state index in [-0.39, 0.29) is 33.8 Å². The summed E-state index contributed by atoms with van der Waals surface area (Å²) in [4.78, 5) is 23.2. The number of phenolic OH excluding ortho intramolecular Hbond substituents is 2. The zero-order chi connectivity index (χ0) is 17.7. The number of carbonyl (C=O) groups excluding carboxylic acids is 2. The predicted molar refractivity (Wildman–Crippen MR) is 91.9 cm³/mol. The fraction of sp³-hybridized carbons (Fsp3) is 0.0714. The number of aromatic hydroxyl groups is 2. The van der Waals surface area contributed by atoms with Crippen molar-refractivity contribution in [2.45, 2.75) is 0 Å². The SMILES string of the molecule is O=C(CNC(=O)c1ccco1)N/N=C/c1cc(Br)c(O)c(Br)c1O. The Bertz CT molecular complexity index is 790. The van der Waals surface area contributed by atoms with Gasteiger partial charge in [-0.15, -0.1) is 0 Å². The molecule has 10 heteroatoms. The Morgan fingerprint density at radius 2 is 2.04 bits per heavy atom. The Kier molecular flexibility index (Phi) is 5.99. The van der Waals surface area contributed by atoms with Crippen LogP contribution in [-0.2, 0) is 4.79 Å². The summed E-state index contributed by atoms with van der Waals surface area (Å²) in [6.07, 6.45) is 2.54. The van der Waals surface area contributed by atoms with E-state index in [0.29, 0.717) is 4.47 Å². The van der Waals surface area contributed by atoms with Crippen molar-refractivity contribution in [2.75, 3.05) is 6.54 Å². The molecule has 0 fully saturated rings. The van der Waals surface area contributed by atoms with Gasteiger partial charge in [0, 0.05) is 5.56 Å². The number of phenols is 2. The molecule has 0 bridgehead atoms. The standard InChI is InChI=1S/C14H11Br2N3O5/c15-8-4-7(12(21)11(16)13(8)22)5-18-19-10(20)6-17-14(23)9-2-1-3-24-9/h1-5,21-22H,6H2,(H,17,23)(H,19,20)/b18-5+. The molecular weight excluding hydrogens is 450 g/mol. The molecule has 0 aliphatic carbocycles. The highest BCUT2D eigenvalue weighted by atomic mass is 79.9. The Labute approximate surface area is 152 Å². The van der Waals surface area contributed by atoms with Crippen molar-refractivity contribution in [1.29, 1.82) is 0 Å². The van der Waals surface area contributed by atoms with Crippen LogP contribution in [0.5, 0.6) is 11.5 Å². The molecule has 0 saturated heterocycles. The van der Waals surface area contributed by atoms with Gasteiger partial charge in [-0.25, -0.2) is 5.43 Å². The topological polar surface area (TPSA) is 124 Å². The lowest BCUT2D eigenvalue weighted by atomic mass is 10.2. The Balaban J connectivity index is 1.90. The number of hydrazone groups is 1. The largest absolute Gasteiger partial charge is 0.506 e. The fourth-order valence-electron chi connectivity index (χ4n) is 1.58. The Morgan fingerprint density at radius 1 is 1.29 bits per heavy atom. The molecule has 126 valence electrons. The molecular formula is C14H11Br2N3O5. The molecule has 1 heterocycles. The first-order chi connectivity index (χ1) is 11.4. The van der Waals surface area contributed by atoms with Gasteiger partial charge in [0.15, 0.2) is 5.76 Å². The highest BCUT2D eigenvalue weighted by molar-refractivity contribution is 9.11. The van der Waals surface area contributed by atoms with Gasteiger partial charge in [-0.05, 0) is 50.1 Å². The molecule has 1 aromatic heterocycles. The number of hydrogen-bond donors (Lipinski definition) is 4. The number of hydrogen-bond acceptors (Lipinski definition) is 6. The van der Waals surface area contributed by atoms with Gasteiger partial charge in [0.25, 0.3) is 11.8 Å². The molecule has 4 N–H and O–H groups in total. The van der Waals surface area contributed by atoms with Gasteiger partial charge in [-0.2, -0.15) is 5.10 Å². The van der Waals surface area contributed by atoms with Crippen LogP contribution < -0.4 is 10.7 Å². The molecule has 0 atom stereocenters. The number of benzene rings is 1. The highest BCUT2D eigenvalue weighted by Crippen LogP contribution is 2.40. The van der Waals surface area contributed by atoms with E-state index in [4.69, 9.17) is 4.42 Å². The number of carbonyl (C=O) groups is 2. The zero-order valence-electron chi connectivity index (χ0n) is 11.9. The van der Waals surface area contributed by atoms with E-state index in [0.717, 1.165) is 0 Å². The predicted octanol–water partition coefficient (Wildman–Crippen LogP) is 2.10. The molecule has 24 heavy (non-hydrogen) atoms. The van der Waals surface area contributed by atoms with Crippen LogP contribution in [0.4, 0.5) is 0 Å². The van der Waals surface area contributed by atoms with Gasteiger partial charge in [-0.1, -0.05) is 0 Å². The summed E-state index contributed by atoms with van der Waals surface area (Å²) in [5.74, 6) is -1.39. The van der Waals surface area contributed by atoms with Crippen LogP contribution in [0.25, 0.3) is 0 Å². The van der Waals surface area contributed by atoms with Gasteiger partial charge in [0.1, 0.15) is 16.0 Å². The van der Waals surface area contributed by atoms with Gasteiger partial charge in [-0.3, -0.25) is 9.59 Å². The smallest absolute Gasteiger partial charge is 0.287 e. The van der Waals surface area contributed by atoms with Crippen molar-refractivity contribution < 1.29 is 24.2 Å². The maximum atomic E-state index is 11.6. The maximum Gasteiger partial charge on any atom is 0.287 e. The van der Waals surface area contributed by atoms with E-state index in [2.05, 4.69) is 47.7 Å². The van der Waals surface area contributed by atoms with Crippen LogP contribution in [0.1, 0.15) is 16.1 Å². The van der Waals surface area contributed by atoms with Gasteiger partial charge >= 0.3 is 0 Å². The number of halogens is 2. The fourth-order valence-corrected chi connectivity index (χ4v) is 2.74.